The van der Waals surface area contributed by atoms with Crippen molar-refractivity contribution in [3.8, 4) is 0 Å². The SMILES string of the molecule is CC(C)c1noc(CCNC(=O)C(=O)c2ccc(C(C)(C)C)cc2)n1. The third-order valence-corrected chi connectivity index (χ3v) is 3.84. The molecule has 1 N–H and O–H groups in total. The first-order valence-electron chi connectivity index (χ1n) is 8.44. The van der Waals surface area contributed by atoms with Gasteiger partial charge in [0.1, 0.15) is 0 Å². The van der Waals surface area contributed by atoms with Crippen molar-refractivity contribution in [3.63, 3.8) is 0 Å². The van der Waals surface area contributed by atoms with E-state index in [1.807, 2.05) is 26.0 Å². The van der Waals surface area contributed by atoms with Crippen LogP contribution in [0.2, 0.25) is 0 Å². The predicted molar refractivity (Wildman–Crippen MR) is 94.6 cm³/mol. The second-order valence-electron chi connectivity index (χ2n) is 7.36. The summed E-state index contributed by atoms with van der Waals surface area (Å²) >= 11 is 0. The number of Topliss-reactive ketones (excluding diaryl/α,β-unsaturated/α-hetero) is 1. The van der Waals surface area contributed by atoms with Gasteiger partial charge in [-0.2, -0.15) is 4.98 Å². The molecule has 0 aliphatic carbocycles. The largest absolute Gasteiger partial charge is 0.349 e. The summed E-state index contributed by atoms with van der Waals surface area (Å²) in [6.45, 7) is 10.5. The predicted octanol–water partition coefficient (Wildman–Crippen LogP) is 3.03. The van der Waals surface area contributed by atoms with Gasteiger partial charge in [0, 0.05) is 24.4 Å². The number of nitrogens with one attached hydrogen (secondary N) is 1. The van der Waals surface area contributed by atoms with Gasteiger partial charge >= 0.3 is 0 Å². The molecule has 25 heavy (non-hydrogen) atoms. The molecule has 0 fully saturated rings. The van der Waals surface area contributed by atoms with Crippen LogP contribution >= 0.6 is 0 Å². The zero-order valence-electron chi connectivity index (χ0n) is 15.4. The van der Waals surface area contributed by atoms with E-state index in [4.69, 9.17) is 4.52 Å². The monoisotopic (exact) mass is 343 g/mol. The van der Waals surface area contributed by atoms with Crippen LogP contribution in [0.4, 0.5) is 0 Å². The molecule has 2 aromatic rings. The summed E-state index contributed by atoms with van der Waals surface area (Å²) < 4.78 is 5.10. The van der Waals surface area contributed by atoms with Gasteiger partial charge in [-0.25, -0.2) is 0 Å². The molecule has 0 aliphatic heterocycles. The van der Waals surface area contributed by atoms with E-state index in [1.54, 1.807) is 12.1 Å². The fourth-order valence-electron chi connectivity index (χ4n) is 2.22. The van der Waals surface area contributed by atoms with Gasteiger partial charge in [0.2, 0.25) is 11.7 Å². The van der Waals surface area contributed by atoms with Gasteiger partial charge in [0.25, 0.3) is 5.91 Å². The van der Waals surface area contributed by atoms with Gasteiger partial charge in [-0.05, 0) is 11.0 Å². The molecule has 134 valence electrons. The van der Waals surface area contributed by atoms with Crippen LogP contribution in [0.1, 0.15) is 68.2 Å². The lowest BCUT2D eigenvalue weighted by Crippen LogP contribution is -2.32. The van der Waals surface area contributed by atoms with Crippen LogP contribution < -0.4 is 5.32 Å². The Labute approximate surface area is 148 Å². The molecule has 0 saturated carbocycles. The Morgan fingerprint density at radius 2 is 1.80 bits per heavy atom. The second-order valence-corrected chi connectivity index (χ2v) is 7.36. The van der Waals surface area contributed by atoms with E-state index >= 15 is 0 Å². The van der Waals surface area contributed by atoms with Crippen molar-refractivity contribution in [2.75, 3.05) is 6.54 Å². The minimum atomic E-state index is -0.632. The van der Waals surface area contributed by atoms with E-state index in [0.29, 0.717) is 23.7 Å². The van der Waals surface area contributed by atoms with E-state index < -0.39 is 11.7 Å². The molecule has 0 atom stereocenters. The fraction of sp³-hybridized carbons (Fsp3) is 0.474. The average molecular weight is 343 g/mol. The highest BCUT2D eigenvalue weighted by Crippen LogP contribution is 2.22. The third-order valence-electron chi connectivity index (χ3n) is 3.84. The van der Waals surface area contributed by atoms with Crippen LogP contribution in [-0.4, -0.2) is 28.4 Å². The van der Waals surface area contributed by atoms with Crippen LogP contribution in [0.5, 0.6) is 0 Å². The molecule has 0 saturated heterocycles. The number of hydrogen-bond donors (Lipinski definition) is 1. The molecular formula is C19H25N3O3. The zero-order valence-corrected chi connectivity index (χ0v) is 15.4. The van der Waals surface area contributed by atoms with E-state index in [-0.39, 0.29) is 17.9 Å². The van der Waals surface area contributed by atoms with Crippen molar-refractivity contribution in [2.45, 2.75) is 52.4 Å². The van der Waals surface area contributed by atoms with Crippen molar-refractivity contribution in [3.05, 3.63) is 47.1 Å². The van der Waals surface area contributed by atoms with Gasteiger partial charge in [-0.1, -0.05) is 64.0 Å². The standard InChI is InChI=1S/C19H25N3O3/c1-12(2)17-21-15(25-22-17)10-11-20-18(24)16(23)13-6-8-14(9-7-13)19(3,4)5/h6-9,12H,10-11H2,1-5H3,(H,20,24). The normalized spacial score (nSPS) is 11.6. The number of ketones is 1. The lowest BCUT2D eigenvalue weighted by molar-refractivity contribution is -0.116. The molecule has 1 heterocycles. The number of nitrogens with zero attached hydrogens (tertiary/aromatic N) is 2. The van der Waals surface area contributed by atoms with E-state index in [0.717, 1.165) is 5.56 Å². The first kappa shape index (κ1) is 18.8. The van der Waals surface area contributed by atoms with Crippen LogP contribution in [0, 0.1) is 0 Å². The molecule has 0 unspecified atom stereocenters. The van der Waals surface area contributed by atoms with Gasteiger partial charge < -0.3 is 9.84 Å². The van der Waals surface area contributed by atoms with E-state index in [1.165, 1.54) is 0 Å². The number of hydrogen-bond acceptors (Lipinski definition) is 5. The number of carbonyl (C=O) groups excluding carboxylic acids is 2. The smallest absolute Gasteiger partial charge is 0.292 e. The van der Waals surface area contributed by atoms with E-state index in [2.05, 4.69) is 36.2 Å². The lowest BCUT2D eigenvalue weighted by atomic mass is 9.86. The highest BCUT2D eigenvalue weighted by atomic mass is 16.5. The first-order chi connectivity index (χ1) is 11.7. The van der Waals surface area contributed by atoms with Gasteiger partial charge in [0.15, 0.2) is 5.82 Å². The summed E-state index contributed by atoms with van der Waals surface area (Å²) in [4.78, 5) is 28.4. The van der Waals surface area contributed by atoms with Crippen molar-refractivity contribution < 1.29 is 14.1 Å². The number of carbonyl (C=O) groups is 2. The molecule has 6 heteroatoms. The Hall–Kier alpha value is -2.50. The Morgan fingerprint density at radius 3 is 2.32 bits per heavy atom. The molecule has 0 radical (unpaired) electrons. The Balaban J connectivity index is 1.88. The Morgan fingerprint density at radius 1 is 1.16 bits per heavy atom. The Kier molecular flexibility index (Phi) is 5.72. The van der Waals surface area contributed by atoms with Crippen LogP contribution in [0.3, 0.4) is 0 Å². The van der Waals surface area contributed by atoms with Crippen LogP contribution in [-0.2, 0) is 16.6 Å². The quantitative estimate of drug-likeness (QED) is 0.644. The maximum Gasteiger partial charge on any atom is 0.292 e. The molecule has 1 amide bonds. The van der Waals surface area contributed by atoms with Crippen molar-refractivity contribution >= 4 is 11.7 Å². The second kappa shape index (κ2) is 7.59. The van der Waals surface area contributed by atoms with Crippen LogP contribution in [0.15, 0.2) is 28.8 Å². The molecule has 1 aromatic carbocycles. The number of amides is 1. The summed E-state index contributed by atoms with van der Waals surface area (Å²) in [6.07, 6.45) is 0.391. The highest BCUT2D eigenvalue weighted by Gasteiger charge is 2.18. The molecule has 0 bridgehead atoms. The number of benzene rings is 1. The van der Waals surface area contributed by atoms with Crippen molar-refractivity contribution in [1.82, 2.24) is 15.5 Å². The zero-order chi connectivity index (χ0) is 18.6. The highest BCUT2D eigenvalue weighted by molar-refractivity contribution is 6.42. The molecule has 2 rings (SSSR count). The minimum absolute atomic E-state index is 0.00273. The molecular weight excluding hydrogens is 318 g/mol. The van der Waals surface area contributed by atoms with Gasteiger partial charge in [0.05, 0.1) is 0 Å². The third kappa shape index (κ3) is 4.98. The summed E-state index contributed by atoms with van der Waals surface area (Å²) in [5, 5.41) is 6.45. The summed E-state index contributed by atoms with van der Waals surface area (Å²) in [6, 6.07) is 7.14. The van der Waals surface area contributed by atoms with E-state index in [9.17, 15) is 9.59 Å². The number of aromatic nitrogens is 2. The maximum absolute atomic E-state index is 12.2. The van der Waals surface area contributed by atoms with Crippen molar-refractivity contribution in [1.29, 1.82) is 0 Å². The topological polar surface area (TPSA) is 85.1 Å². The van der Waals surface area contributed by atoms with Crippen molar-refractivity contribution in [2.24, 2.45) is 0 Å². The average Bonchev–Trinajstić information content (AvgIpc) is 3.02. The first-order valence-corrected chi connectivity index (χ1v) is 8.44. The summed E-state index contributed by atoms with van der Waals surface area (Å²) in [5.74, 6) is 0.0908. The molecule has 1 aromatic heterocycles. The summed E-state index contributed by atoms with van der Waals surface area (Å²) in [7, 11) is 0. The number of rotatable bonds is 6. The molecule has 0 spiro atoms. The van der Waals surface area contributed by atoms with Gasteiger partial charge in [-0.3, -0.25) is 9.59 Å². The summed E-state index contributed by atoms with van der Waals surface area (Å²) in [5.41, 5.74) is 1.50. The lowest BCUT2D eigenvalue weighted by Gasteiger charge is -2.18. The fourth-order valence-corrected chi connectivity index (χ4v) is 2.22. The molecule has 0 aliphatic rings. The maximum atomic E-state index is 12.2. The Bertz CT molecular complexity index is 740. The molecule has 6 nitrogen and oxygen atoms in total. The van der Waals surface area contributed by atoms with Crippen LogP contribution in [0.25, 0.3) is 0 Å². The minimum Gasteiger partial charge on any atom is -0.349 e. The van der Waals surface area contributed by atoms with Gasteiger partial charge in [-0.15, -0.1) is 0 Å².